The first-order valence-corrected chi connectivity index (χ1v) is 6.32. The van der Waals surface area contributed by atoms with Crippen LogP contribution in [0.2, 0.25) is 4.34 Å². The average molecular weight is 304 g/mol. The number of thiophene rings is 1. The number of hydrogen-bond donors (Lipinski definition) is 1. The predicted molar refractivity (Wildman–Crippen MR) is 69.2 cm³/mol. The van der Waals surface area contributed by atoms with Crippen LogP contribution in [-0.2, 0) is 11.3 Å². The molecule has 3 nitrogen and oxygen atoms in total. The third-order valence-electron chi connectivity index (χ3n) is 2.29. The SMILES string of the molecule is Nc1cc(F)c(F)cc1C(=O)OCc1ccc(Cl)s1. The molecule has 100 valence electrons. The van der Waals surface area contributed by atoms with Gasteiger partial charge in [-0.15, -0.1) is 11.3 Å². The molecule has 0 radical (unpaired) electrons. The zero-order valence-electron chi connectivity index (χ0n) is 9.45. The average Bonchev–Trinajstić information content (AvgIpc) is 2.77. The molecule has 0 saturated carbocycles. The lowest BCUT2D eigenvalue weighted by molar-refractivity contribution is 0.0477. The molecular formula is C12H8ClF2NO2S. The predicted octanol–water partition coefficient (Wildman–Crippen LogP) is 3.62. The molecule has 7 heteroatoms. The molecule has 0 atom stereocenters. The molecule has 1 aromatic heterocycles. The number of halogens is 3. The van der Waals surface area contributed by atoms with Crippen LogP contribution < -0.4 is 5.73 Å². The highest BCUT2D eigenvalue weighted by atomic mass is 35.5. The number of anilines is 1. The van der Waals surface area contributed by atoms with Gasteiger partial charge < -0.3 is 10.5 Å². The van der Waals surface area contributed by atoms with Crippen LogP contribution >= 0.6 is 22.9 Å². The van der Waals surface area contributed by atoms with Crippen LogP contribution in [-0.4, -0.2) is 5.97 Å². The van der Waals surface area contributed by atoms with Gasteiger partial charge in [0.15, 0.2) is 11.6 Å². The molecule has 19 heavy (non-hydrogen) atoms. The number of nitrogens with two attached hydrogens (primary N) is 1. The second-order valence-corrected chi connectivity index (χ2v) is 5.44. The van der Waals surface area contributed by atoms with Crippen molar-refractivity contribution in [2.24, 2.45) is 0 Å². The molecular weight excluding hydrogens is 296 g/mol. The van der Waals surface area contributed by atoms with Gasteiger partial charge in [0, 0.05) is 16.6 Å². The Hall–Kier alpha value is -1.66. The van der Waals surface area contributed by atoms with Crippen LogP contribution in [0.4, 0.5) is 14.5 Å². The highest BCUT2D eigenvalue weighted by Gasteiger charge is 2.16. The highest BCUT2D eigenvalue weighted by molar-refractivity contribution is 7.16. The van der Waals surface area contributed by atoms with Crippen molar-refractivity contribution in [1.82, 2.24) is 0 Å². The summed E-state index contributed by atoms with van der Waals surface area (Å²) in [7, 11) is 0. The fourth-order valence-corrected chi connectivity index (χ4v) is 2.38. The largest absolute Gasteiger partial charge is 0.456 e. The Morgan fingerprint density at radius 2 is 2.00 bits per heavy atom. The van der Waals surface area contributed by atoms with Crippen molar-refractivity contribution in [2.45, 2.75) is 6.61 Å². The lowest BCUT2D eigenvalue weighted by Gasteiger charge is -2.06. The first-order valence-electron chi connectivity index (χ1n) is 5.13. The van der Waals surface area contributed by atoms with Gasteiger partial charge in [-0.25, -0.2) is 13.6 Å². The van der Waals surface area contributed by atoms with E-state index in [2.05, 4.69) is 0 Å². The number of esters is 1. The van der Waals surface area contributed by atoms with Gasteiger partial charge in [-0.2, -0.15) is 0 Å². The summed E-state index contributed by atoms with van der Waals surface area (Å²) >= 11 is 6.98. The Bertz CT molecular complexity index is 630. The number of carbonyl (C=O) groups excluding carboxylic acids is 1. The fourth-order valence-electron chi connectivity index (χ4n) is 1.38. The van der Waals surface area contributed by atoms with Gasteiger partial charge in [-0.3, -0.25) is 0 Å². The van der Waals surface area contributed by atoms with Crippen molar-refractivity contribution in [3.63, 3.8) is 0 Å². The Kier molecular flexibility index (Phi) is 4.01. The third kappa shape index (κ3) is 3.21. The summed E-state index contributed by atoms with van der Waals surface area (Å²) in [5.74, 6) is -3.08. The van der Waals surface area contributed by atoms with E-state index < -0.39 is 17.6 Å². The Labute approximate surface area is 116 Å². The van der Waals surface area contributed by atoms with Crippen molar-refractivity contribution in [3.8, 4) is 0 Å². The molecule has 2 rings (SSSR count). The van der Waals surface area contributed by atoms with E-state index in [0.717, 1.165) is 10.9 Å². The normalized spacial score (nSPS) is 10.5. The van der Waals surface area contributed by atoms with E-state index in [0.29, 0.717) is 10.4 Å². The monoisotopic (exact) mass is 303 g/mol. The standard InChI is InChI=1S/C12H8ClF2NO2S/c13-11-2-1-6(19-11)5-18-12(17)7-3-8(14)9(15)4-10(7)16/h1-4H,5,16H2. The minimum atomic E-state index is -1.15. The summed E-state index contributed by atoms with van der Waals surface area (Å²) in [4.78, 5) is 12.4. The van der Waals surface area contributed by atoms with Gasteiger partial charge in [-0.05, 0) is 18.2 Å². The molecule has 2 N–H and O–H groups in total. The van der Waals surface area contributed by atoms with Gasteiger partial charge in [0.1, 0.15) is 6.61 Å². The minimum absolute atomic E-state index is 0.00530. The fraction of sp³-hybridized carbons (Fsp3) is 0.0833. The summed E-state index contributed by atoms with van der Waals surface area (Å²) in [6, 6.07) is 4.83. The first-order chi connectivity index (χ1) is 8.97. The Morgan fingerprint density at radius 1 is 1.32 bits per heavy atom. The number of rotatable bonds is 3. The maximum atomic E-state index is 13.0. The second-order valence-electron chi connectivity index (χ2n) is 3.64. The third-order valence-corrected chi connectivity index (χ3v) is 3.49. The van der Waals surface area contributed by atoms with E-state index in [4.69, 9.17) is 22.1 Å². The number of carbonyl (C=O) groups is 1. The zero-order chi connectivity index (χ0) is 14.0. The molecule has 2 aromatic rings. The van der Waals surface area contributed by atoms with Crippen molar-refractivity contribution in [1.29, 1.82) is 0 Å². The number of benzene rings is 1. The Balaban J connectivity index is 2.10. The summed E-state index contributed by atoms with van der Waals surface area (Å²) < 4.78 is 31.4. The van der Waals surface area contributed by atoms with Crippen LogP contribution in [0, 0.1) is 11.6 Å². The van der Waals surface area contributed by atoms with Crippen LogP contribution in [0.15, 0.2) is 24.3 Å². The molecule has 0 fully saturated rings. The van der Waals surface area contributed by atoms with E-state index in [9.17, 15) is 13.6 Å². The molecule has 0 saturated heterocycles. The van der Waals surface area contributed by atoms with Crippen molar-refractivity contribution in [2.75, 3.05) is 5.73 Å². The Morgan fingerprint density at radius 3 is 2.63 bits per heavy atom. The number of hydrogen-bond acceptors (Lipinski definition) is 4. The van der Waals surface area contributed by atoms with Crippen LogP contribution in [0.1, 0.15) is 15.2 Å². The van der Waals surface area contributed by atoms with Crippen LogP contribution in [0.3, 0.4) is 0 Å². The minimum Gasteiger partial charge on any atom is -0.456 e. The summed E-state index contributed by atoms with van der Waals surface area (Å²) in [5.41, 5.74) is 5.06. The maximum absolute atomic E-state index is 13.0. The van der Waals surface area contributed by atoms with Gasteiger partial charge in [0.25, 0.3) is 0 Å². The highest BCUT2D eigenvalue weighted by Crippen LogP contribution is 2.23. The molecule has 0 spiro atoms. The van der Waals surface area contributed by atoms with E-state index in [-0.39, 0.29) is 17.9 Å². The maximum Gasteiger partial charge on any atom is 0.340 e. The van der Waals surface area contributed by atoms with Crippen LogP contribution in [0.25, 0.3) is 0 Å². The number of nitrogen functional groups attached to an aromatic ring is 1. The molecule has 0 bridgehead atoms. The lowest BCUT2D eigenvalue weighted by Crippen LogP contribution is -2.09. The van der Waals surface area contributed by atoms with Crippen LogP contribution in [0.5, 0.6) is 0 Å². The number of ether oxygens (including phenoxy) is 1. The molecule has 0 aliphatic carbocycles. The summed E-state index contributed by atoms with van der Waals surface area (Å²) in [6.45, 7) is -0.00530. The van der Waals surface area contributed by atoms with Crippen molar-refractivity contribution < 1.29 is 18.3 Å². The summed E-state index contributed by atoms with van der Waals surface area (Å²) in [6.07, 6.45) is 0. The van der Waals surface area contributed by atoms with E-state index in [1.807, 2.05) is 0 Å². The molecule has 0 aliphatic rings. The lowest BCUT2D eigenvalue weighted by atomic mass is 10.1. The van der Waals surface area contributed by atoms with Gasteiger partial charge >= 0.3 is 5.97 Å². The van der Waals surface area contributed by atoms with Gasteiger partial charge in [0.2, 0.25) is 0 Å². The molecule has 1 heterocycles. The molecule has 0 amide bonds. The molecule has 1 aromatic carbocycles. The zero-order valence-corrected chi connectivity index (χ0v) is 11.0. The van der Waals surface area contributed by atoms with Gasteiger partial charge in [-0.1, -0.05) is 11.6 Å². The van der Waals surface area contributed by atoms with Crippen molar-refractivity contribution >= 4 is 34.6 Å². The summed E-state index contributed by atoms with van der Waals surface area (Å²) in [5, 5.41) is 0. The van der Waals surface area contributed by atoms with E-state index in [1.165, 1.54) is 11.3 Å². The smallest absolute Gasteiger partial charge is 0.340 e. The quantitative estimate of drug-likeness (QED) is 0.696. The first kappa shape index (κ1) is 13.8. The van der Waals surface area contributed by atoms with E-state index in [1.54, 1.807) is 12.1 Å². The van der Waals surface area contributed by atoms with Gasteiger partial charge in [0.05, 0.1) is 9.90 Å². The molecule has 0 aliphatic heterocycles. The topological polar surface area (TPSA) is 52.3 Å². The van der Waals surface area contributed by atoms with Crippen molar-refractivity contribution in [3.05, 3.63) is 50.7 Å². The second kappa shape index (κ2) is 5.54. The molecule has 0 unspecified atom stereocenters. The van der Waals surface area contributed by atoms with E-state index >= 15 is 0 Å².